The molecule has 2 aromatic rings. The molecule has 18 heavy (non-hydrogen) atoms. The second-order valence-electron chi connectivity index (χ2n) is 4.64. The van der Waals surface area contributed by atoms with Crippen LogP contribution in [0.2, 0.25) is 5.15 Å². The fraction of sp³-hybridized carbons (Fsp3) is 0.538. The molecule has 0 aliphatic heterocycles. The maximum absolute atomic E-state index is 6.13. The highest BCUT2D eigenvalue weighted by atomic mass is 35.5. The molecule has 1 aliphatic rings. The zero-order valence-corrected chi connectivity index (χ0v) is 11.6. The predicted octanol–water partition coefficient (Wildman–Crippen LogP) is 4.19. The van der Waals surface area contributed by atoms with Gasteiger partial charge in [-0.3, -0.25) is 0 Å². The van der Waals surface area contributed by atoms with Crippen molar-refractivity contribution < 1.29 is 4.74 Å². The fourth-order valence-electron chi connectivity index (χ4n) is 2.35. The largest absolute Gasteiger partial charge is 0.370 e. The number of ether oxygens (including phenoxy) is 1. The highest BCUT2D eigenvalue weighted by Gasteiger charge is 2.15. The van der Waals surface area contributed by atoms with Crippen molar-refractivity contribution in [1.29, 1.82) is 0 Å². The Morgan fingerprint density at radius 2 is 2.11 bits per heavy atom. The maximum atomic E-state index is 6.13. The molecule has 2 aromatic heterocycles. The molecule has 1 saturated carbocycles. The summed E-state index contributed by atoms with van der Waals surface area (Å²) in [6, 6.07) is 1.95. The lowest BCUT2D eigenvalue weighted by Crippen LogP contribution is -2.17. The summed E-state index contributed by atoms with van der Waals surface area (Å²) < 4.78 is 5.87. The van der Waals surface area contributed by atoms with Crippen LogP contribution in [0.5, 0.6) is 0 Å². The zero-order valence-electron chi connectivity index (χ0n) is 10.1. The third-order valence-corrected chi connectivity index (χ3v) is 4.42. The Hall–Kier alpha value is -0.710. The van der Waals surface area contributed by atoms with E-state index in [1.807, 2.05) is 11.4 Å². The molecule has 0 amide bonds. The molecule has 1 fully saturated rings. The minimum atomic E-state index is 0.375. The standard InChI is InChI=1S/C13H15ClN2OS/c14-12-10-6-7-18-13(10)16-11(15-12)8-17-9-4-2-1-3-5-9/h6-7,9H,1-5,8H2. The number of hydrogen-bond donors (Lipinski definition) is 0. The first-order chi connectivity index (χ1) is 8.83. The quantitative estimate of drug-likeness (QED) is 0.792. The molecular formula is C13H15ClN2OS. The number of rotatable bonds is 3. The van der Waals surface area contributed by atoms with Crippen LogP contribution in [0.15, 0.2) is 11.4 Å². The van der Waals surface area contributed by atoms with Gasteiger partial charge in [-0.25, -0.2) is 9.97 Å². The van der Waals surface area contributed by atoms with Gasteiger partial charge in [0.1, 0.15) is 16.6 Å². The summed E-state index contributed by atoms with van der Waals surface area (Å²) in [6.07, 6.45) is 6.58. The van der Waals surface area contributed by atoms with Crippen molar-refractivity contribution in [2.24, 2.45) is 0 Å². The smallest absolute Gasteiger partial charge is 0.157 e. The number of thiophene rings is 1. The van der Waals surface area contributed by atoms with Gasteiger partial charge in [0.15, 0.2) is 5.82 Å². The summed E-state index contributed by atoms with van der Waals surface area (Å²) in [4.78, 5) is 9.71. The minimum absolute atomic E-state index is 0.375. The first-order valence-electron chi connectivity index (χ1n) is 6.34. The van der Waals surface area contributed by atoms with Gasteiger partial charge >= 0.3 is 0 Å². The fourth-order valence-corrected chi connectivity index (χ4v) is 3.44. The van der Waals surface area contributed by atoms with Crippen molar-refractivity contribution in [3.8, 4) is 0 Å². The molecular weight excluding hydrogens is 268 g/mol. The SMILES string of the molecule is Clc1nc(COC2CCCCC2)nc2sccc12. The van der Waals surface area contributed by atoms with Crippen LogP contribution >= 0.6 is 22.9 Å². The van der Waals surface area contributed by atoms with Crippen molar-refractivity contribution in [2.75, 3.05) is 0 Å². The summed E-state index contributed by atoms with van der Waals surface area (Å²) in [5.41, 5.74) is 0. The van der Waals surface area contributed by atoms with Crippen LogP contribution in [0.1, 0.15) is 37.9 Å². The molecule has 0 bridgehead atoms. The minimum Gasteiger partial charge on any atom is -0.370 e. The average Bonchev–Trinajstić information content (AvgIpc) is 2.86. The highest BCUT2D eigenvalue weighted by Crippen LogP contribution is 2.26. The molecule has 3 rings (SSSR count). The van der Waals surface area contributed by atoms with Gasteiger partial charge in [-0.05, 0) is 24.3 Å². The van der Waals surface area contributed by atoms with Crippen LogP contribution in [0, 0.1) is 0 Å². The Morgan fingerprint density at radius 1 is 1.28 bits per heavy atom. The van der Waals surface area contributed by atoms with Gasteiger partial charge in [-0.2, -0.15) is 0 Å². The van der Waals surface area contributed by atoms with E-state index in [9.17, 15) is 0 Å². The molecule has 0 unspecified atom stereocenters. The Morgan fingerprint density at radius 3 is 2.94 bits per heavy atom. The Bertz CT molecular complexity index is 537. The second kappa shape index (κ2) is 5.51. The summed E-state index contributed by atoms with van der Waals surface area (Å²) in [5, 5.41) is 3.45. The van der Waals surface area contributed by atoms with Crippen LogP contribution < -0.4 is 0 Å². The van der Waals surface area contributed by atoms with Gasteiger partial charge in [0.25, 0.3) is 0 Å². The lowest BCUT2D eigenvalue weighted by molar-refractivity contribution is 0.0137. The summed E-state index contributed by atoms with van der Waals surface area (Å²) in [7, 11) is 0. The van der Waals surface area contributed by atoms with Gasteiger partial charge in [0.2, 0.25) is 0 Å². The van der Waals surface area contributed by atoms with Gasteiger partial charge < -0.3 is 4.74 Å². The van der Waals surface area contributed by atoms with Crippen molar-refractivity contribution in [1.82, 2.24) is 9.97 Å². The van der Waals surface area contributed by atoms with Gasteiger partial charge in [0.05, 0.1) is 6.10 Å². The highest BCUT2D eigenvalue weighted by molar-refractivity contribution is 7.16. The number of halogens is 1. The summed E-state index contributed by atoms with van der Waals surface area (Å²) in [5.74, 6) is 0.695. The Labute approximate surface area is 115 Å². The van der Waals surface area contributed by atoms with Crippen LogP contribution in [-0.4, -0.2) is 16.1 Å². The van der Waals surface area contributed by atoms with Crippen molar-refractivity contribution >= 4 is 33.2 Å². The van der Waals surface area contributed by atoms with Crippen LogP contribution in [0.3, 0.4) is 0 Å². The first-order valence-corrected chi connectivity index (χ1v) is 7.60. The summed E-state index contributed by atoms with van der Waals surface area (Å²) >= 11 is 7.71. The van der Waals surface area contributed by atoms with Crippen LogP contribution in [-0.2, 0) is 11.3 Å². The molecule has 2 heterocycles. The van der Waals surface area contributed by atoms with E-state index in [0.717, 1.165) is 23.1 Å². The van der Waals surface area contributed by atoms with E-state index in [4.69, 9.17) is 16.3 Å². The third kappa shape index (κ3) is 2.66. The Balaban J connectivity index is 1.70. The molecule has 5 heteroatoms. The molecule has 3 nitrogen and oxygen atoms in total. The van der Waals surface area contributed by atoms with Gasteiger partial charge in [0, 0.05) is 5.39 Å². The molecule has 0 spiro atoms. The normalized spacial score (nSPS) is 17.4. The van der Waals surface area contributed by atoms with E-state index >= 15 is 0 Å². The Kier molecular flexibility index (Phi) is 3.77. The number of aromatic nitrogens is 2. The molecule has 0 N–H and O–H groups in total. The van der Waals surface area contributed by atoms with Crippen LogP contribution in [0.25, 0.3) is 10.2 Å². The second-order valence-corrected chi connectivity index (χ2v) is 5.89. The third-order valence-electron chi connectivity index (χ3n) is 3.33. The van der Waals surface area contributed by atoms with E-state index in [1.54, 1.807) is 11.3 Å². The van der Waals surface area contributed by atoms with Crippen molar-refractivity contribution in [3.63, 3.8) is 0 Å². The maximum Gasteiger partial charge on any atom is 0.157 e. The van der Waals surface area contributed by atoms with Crippen molar-refractivity contribution in [2.45, 2.75) is 44.8 Å². The molecule has 0 aromatic carbocycles. The first kappa shape index (κ1) is 12.3. The van der Waals surface area contributed by atoms with Crippen LogP contribution in [0.4, 0.5) is 0 Å². The number of nitrogens with zero attached hydrogens (tertiary/aromatic N) is 2. The van der Waals surface area contributed by atoms with E-state index in [1.165, 1.54) is 19.3 Å². The average molecular weight is 283 g/mol. The van der Waals surface area contributed by atoms with Gasteiger partial charge in [-0.1, -0.05) is 30.9 Å². The lowest BCUT2D eigenvalue weighted by atomic mass is 9.98. The molecule has 0 saturated heterocycles. The molecule has 0 atom stereocenters. The molecule has 96 valence electrons. The van der Waals surface area contributed by atoms with E-state index < -0.39 is 0 Å². The summed E-state index contributed by atoms with van der Waals surface area (Å²) in [6.45, 7) is 0.470. The number of fused-ring (bicyclic) bond motifs is 1. The van der Waals surface area contributed by atoms with Crippen molar-refractivity contribution in [3.05, 3.63) is 22.4 Å². The van der Waals surface area contributed by atoms with E-state index in [2.05, 4.69) is 9.97 Å². The topological polar surface area (TPSA) is 35.0 Å². The monoisotopic (exact) mass is 282 g/mol. The predicted molar refractivity (Wildman–Crippen MR) is 74.1 cm³/mol. The molecule has 0 radical (unpaired) electrons. The van der Waals surface area contributed by atoms with E-state index in [0.29, 0.717) is 23.7 Å². The number of hydrogen-bond acceptors (Lipinski definition) is 4. The molecule has 1 aliphatic carbocycles. The zero-order chi connectivity index (χ0) is 12.4. The van der Waals surface area contributed by atoms with E-state index in [-0.39, 0.29) is 0 Å². The van der Waals surface area contributed by atoms with Gasteiger partial charge in [-0.15, -0.1) is 11.3 Å². The lowest BCUT2D eigenvalue weighted by Gasteiger charge is -2.21.